The summed E-state index contributed by atoms with van der Waals surface area (Å²) in [5.74, 6) is 0.869. The second-order valence-electron chi connectivity index (χ2n) is 6.86. The fourth-order valence-corrected chi connectivity index (χ4v) is 4.37. The molecule has 2 heterocycles. The van der Waals surface area contributed by atoms with Crippen molar-refractivity contribution in [2.24, 2.45) is 0 Å². The summed E-state index contributed by atoms with van der Waals surface area (Å²) < 4.78 is 5.31. The number of likely N-dealkylation sites (tertiary alicyclic amines) is 1. The van der Waals surface area contributed by atoms with Crippen molar-refractivity contribution in [3.05, 3.63) is 40.4 Å². The van der Waals surface area contributed by atoms with E-state index in [4.69, 9.17) is 4.74 Å². The number of methoxy groups -OCH3 is 1. The molecule has 1 atom stereocenters. The van der Waals surface area contributed by atoms with Gasteiger partial charge in [-0.15, -0.1) is 0 Å². The number of carbonyl (C=O) groups excluding carboxylic acids is 1. The first kappa shape index (κ1) is 19.6. The predicted octanol–water partition coefficient (Wildman–Crippen LogP) is 3.29. The largest absolute Gasteiger partial charge is 0.497 e. The molecule has 1 unspecified atom stereocenters. The Morgan fingerprint density at radius 2 is 2.30 bits per heavy atom. The molecule has 1 aliphatic heterocycles. The maximum absolute atomic E-state index is 12.7. The number of thiazole rings is 1. The Bertz CT molecular complexity index is 777. The number of nitrogens with zero attached hydrogens (tertiary/aromatic N) is 2. The van der Waals surface area contributed by atoms with E-state index in [9.17, 15) is 4.79 Å². The molecule has 1 aliphatic rings. The molecular weight excluding hydrogens is 360 g/mol. The van der Waals surface area contributed by atoms with Gasteiger partial charge in [0.25, 0.3) is 5.91 Å². The topological polar surface area (TPSA) is 66.5 Å². The molecule has 0 bridgehead atoms. The quantitative estimate of drug-likeness (QED) is 0.762. The van der Waals surface area contributed by atoms with Crippen molar-refractivity contribution in [1.82, 2.24) is 15.2 Å². The van der Waals surface area contributed by atoms with Gasteiger partial charge in [0.1, 0.15) is 10.6 Å². The number of benzene rings is 1. The standard InChI is InChI=1S/C20H28N4O2S/c1-4-21-20-22-14(2)18(27-20)19(25)23-16-8-6-10-24(13-16)12-15-7-5-9-17(11-15)26-3/h5,7,9,11,16H,4,6,8,10,12-13H2,1-3H3,(H,21,22)(H,23,25). The van der Waals surface area contributed by atoms with Gasteiger partial charge in [-0.1, -0.05) is 23.5 Å². The number of nitrogens with one attached hydrogen (secondary N) is 2. The number of piperidine rings is 1. The molecule has 1 aromatic heterocycles. The molecule has 2 N–H and O–H groups in total. The summed E-state index contributed by atoms with van der Waals surface area (Å²) in [7, 11) is 1.69. The molecule has 1 aromatic carbocycles. The summed E-state index contributed by atoms with van der Waals surface area (Å²) in [5.41, 5.74) is 2.02. The minimum Gasteiger partial charge on any atom is -0.497 e. The molecule has 1 saturated heterocycles. The van der Waals surface area contributed by atoms with Crippen molar-refractivity contribution in [3.8, 4) is 5.75 Å². The van der Waals surface area contributed by atoms with Crippen molar-refractivity contribution in [3.63, 3.8) is 0 Å². The molecule has 6 nitrogen and oxygen atoms in total. The highest BCUT2D eigenvalue weighted by Gasteiger charge is 2.24. The molecule has 2 aromatic rings. The number of hydrogen-bond acceptors (Lipinski definition) is 6. The van der Waals surface area contributed by atoms with Crippen LogP contribution in [0.5, 0.6) is 5.75 Å². The average molecular weight is 389 g/mol. The van der Waals surface area contributed by atoms with Gasteiger partial charge in [0, 0.05) is 25.7 Å². The van der Waals surface area contributed by atoms with Crippen LogP contribution >= 0.6 is 11.3 Å². The lowest BCUT2D eigenvalue weighted by Gasteiger charge is -2.33. The van der Waals surface area contributed by atoms with E-state index < -0.39 is 0 Å². The first-order valence-corrected chi connectivity index (χ1v) is 10.3. The van der Waals surface area contributed by atoms with Gasteiger partial charge in [-0.3, -0.25) is 9.69 Å². The third kappa shape index (κ3) is 5.20. The molecule has 0 aliphatic carbocycles. The summed E-state index contributed by atoms with van der Waals surface area (Å²) in [6.07, 6.45) is 2.09. The zero-order valence-electron chi connectivity index (χ0n) is 16.2. The molecule has 1 amide bonds. The van der Waals surface area contributed by atoms with Crippen LogP contribution in [-0.2, 0) is 6.54 Å². The van der Waals surface area contributed by atoms with E-state index >= 15 is 0 Å². The van der Waals surface area contributed by atoms with E-state index in [2.05, 4.69) is 32.7 Å². The van der Waals surface area contributed by atoms with Gasteiger partial charge >= 0.3 is 0 Å². The van der Waals surface area contributed by atoms with Crippen molar-refractivity contribution < 1.29 is 9.53 Å². The SMILES string of the molecule is CCNc1nc(C)c(C(=O)NC2CCCN(Cc3cccc(OC)c3)C2)s1. The van der Waals surface area contributed by atoms with Crippen LogP contribution < -0.4 is 15.4 Å². The van der Waals surface area contributed by atoms with E-state index in [1.54, 1.807) is 7.11 Å². The predicted molar refractivity (Wildman–Crippen MR) is 110 cm³/mol. The zero-order chi connectivity index (χ0) is 19.2. The third-order valence-electron chi connectivity index (χ3n) is 4.71. The summed E-state index contributed by atoms with van der Waals surface area (Å²) >= 11 is 1.43. The van der Waals surface area contributed by atoms with Crippen molar-refractivity contribution in [2.45, 2.75) is 39.3 Å². The Morgan fingerprint density at radius 1 is 1.44 bits per heavy atom. The average Bonchev–Trinajstić information content (AvgIpc) is 3.03. The Balaban J connectivity index is 1.58. The van der Waals surface area contributed by atoms with Gasteiger partial charge in [-0.25, -0.2) is 4.98 Å². The number of rotatable bonds is 7. The Kier molecular flexibility index (Phi) is 6.68. The first-order chi connectivity index (χ1) is 13.1. The maximum atomic E-state index is 12.7. The second kappa shape index (κ2) is 9.19. The number of amides is 1. The van der Waals surface area contributed by atoms with Crippen LogP contribution in [0.25, 0.3) is 0 Å². The van der Waals surface area contributed by atoms with Crippen molar-refractivity contribution in [1.29, 1.82) is 0 Å². The molecule has 3 rings (SSSR count). The summed E-state index contributed by atoms with van der Waals surface area (Å²) in [4.78, 5) is 20.2. The fourth-order valence-electron chi connectivity index (χ4n) is 3.43. The number of hydrogen-bond donors (Lipinski definition) is 2. The molecule has 0 saturated carbocycles. The number of anilines is 1. The van der Waals surface area contributed by atoms with Gasteiger partial charge in [-0.2, -0.15) is 0 Å². The van der Waals surface area contributed by atoms with E-state index in [1.807, 2.05) is 26.0 Å². The lowest BCUT2D eigenvalue weighted by Crippen LogP contribution is -2.47. The van der Waals surface area contributed by atoms with Gasteiger partial charge < -0.3 is 15.4 Å². The molecule has 1 fully saturated rings. The molecule has 0 spiro atoms. The molecular formula is C20H28N4O2S. The molecule has 27 heavy (non-hydrogen) atoms. The normalized spacial score (nSPS) is 17.5. The minimum atomic E-state index is -0.0117. The van der Waals surface area contributed by atoms with Crippen LogP contribution in [0.2, 0.25) is 0 Å². The van der Waals surface area contributed by atoms with Crippen LogP contribution in [0.1, 0.15) is 40.7 Å². The monoisotopic (exact) mass is 388 g/mol. The van der Waals surface area contributed by atoms with Gasteiger partial charge in [0.05, 0.1) is 12.8 Å². The second-order valence-corrected chi connectivity index (χ2v) is 7.86. The number of aryl methyl sites for hydroxylation is 1. The molecule has 7 heteroatoms. The van der Waals surface area contributed by atoms with Crippen LogP contribution in [-0.4, -0.2) is 48.6 Å². The van der Waals surface area contributed by atoms with Crippen molar-refractivity contribution in [2.75, 3.05) is 32.1 Å². The Labute approximate surface area is 164 Å². The summed E-state index contributed by atoms with van der Waals surface area (Å²) in [6, 6.07) is 8.34. The summed E-state index contributed by atoms with van der Waals surface area (Å²) in [6.45, 7) is 7.50. The number of ether oxygens (including phenoxy) is 1. The van der Waals surface area contributed by atoms with E-state index in [0.29, 0.717) is 4.88 Å². The smallest absolute Gasteiger partial charge is 0.263 e. The van der Waals surface area contributed by atoms with E-state index in [-0.39, 0.29) is 11.9 Å². The summed E-state index contributed by atoms with van der Waals surface area (Å²) in [5, 5.41) is 7.20. The Morgan fingerprint density at radius 3 is 3.07 bits per heavy atom. The Hall–Kier alpha value is -2.12. The zero-order valence-corrected chi connectivity index (χ0v) is 17.1. The first-order valence-electron chi connectivity index (χ1n) is 9.46. The van der Waals surface area contributed by atoms with Gasteiger partial charge in [0.2, 0.25) is 0 Å². The number of aromatic nitrogens is 1. The number of carbonyl (C=O) groups is 1. The van der Waals surface area contributed by atoms with Crippen molar-refractivity contribution >= 4 is 22.4 Å². The fraction of sp³-hybridized carbons (Fsp3) is 0.500. The lowest BCUT2D eigenvalue weighted by molar-refractivity contribution is 0.0904. The maximum Gasteiger partial charge on any atom is 0.263 e. The third-order valence-corrected chi connectivity index (χ3v) is 5.83. The minimum absolute atomic E-state index is 0.0117. The van der Waals surface area contributed by atoms with Crippen LogP contribution in [0, 0.1) is 6.92 Å². The van der Waals surface area contributed by atoms with Crippen LogP contribution in [0.15, 0.2) is 24.3 Å². The van der Waals surface area contributed by atoms with Crippen LogP contribution in [0.4, 0.5) is 5.13 Å². The van der Waals surface area contributed by atoms with Gasteiger partial charge in [-0.05, 0) is 50.9 Å². The highest BCUT2D eigenvalue weighted by atomic mass is 32.1. The molecule has 146 valence electrons. The van der Waals surface area contributed by atoms with Crippen LogP contribution in [0.3, 0.4) is 0 Å². The molecule has 0 radical (unpaired) electrons. The van der Waals surface area contributed by atoms with E-state index in [1.165, 1.54) is 16.9 Å². The highest BCUT2D eigenvalue weighted by molar-refractivity contribution is 7.17. The van der Waals surface area contributed by atoms with Gasteiger partial charge in [0.15, 0.2) is 5.13 Å². The van der Waals surface area contributed by atoms with E-state index in [0.717, 1.165) is 55.6 Å². The lowest BCUT2D eigenvalue weighted by atomic mass is 10.0. The highest BCUT2D eigenvalue weighted by Crippen LogP contribution is 2.23.